The first-order chi connectivity index (χ1) is 10.2. The van der Waals surface area contributed by atoms with Crippen LogP contribution in [0.1, 0.15) is 11.1 Å². The van der Waals surface area contributed by atoms with Gasteiger partial charge in [-0.2, -0.15) is 0 Å². The molecule has 3 aromatic rings. The molecule has 0 aliphatic carbocycles. The van der Waals surface area contributed by atoms with Crippen molar-refractivity contribution >= 4 is 0 Å². The van der Waals surface area contributed by atoms with Gasteiger partial charge < -0.3 is 5.11 Å². The third-order valence-electron chi connectivity index (χ3n) is 3.19. The summed E-state index contributed by atoms with van der Waals surface area (Å²) in [5.74, 6) is 0.230. The monoisotopic (exact) mass is 284 g/mol. The van der Waals surface area contributed by atoms with Crippen LogP contribution in [-0.2, 0) is 6.61 Å². The van der Waals surface area contributed by atoms with Crippen LogP contribution in [0.25, 0.3) is 16.9 Å². The molecule has 2 heterocycles. The highest BCUT2D eigenvalue weighted by molar-refractivity contribution is 5.72. The minimum Gasteiger partial charge on any atom is -0.392 e. The van der Waals surface area contributed by atoms with Gasteiger partial charge in [-0.25, -0.2) is 9.37 Å². The van der Waals surface area contributed by atoms with Crippen LogP contribution in [0.2, 0.25) is 0 Å². The van der Waals surface area contributed by atoms with Crippen molar-refractivity contribution < 1.29 is 9.50 Å². The first kappa shape index (κ1) is 13.4. The van der Waals surface area contributed by atoms with Crippen molar-refractivity contribution in [2.24, 2.45) is 0 Å². The summed E-state index contributed by atoms with van der Waals surface area (Å²) in [7, 11) is 0. The van der Waals surface area contributed by atoms with Gasteiger partial charge in [0.05, 0.1) is 6.61 Å². The molecule has 0 fully saturated rings. The Hall–Kier alpha value is -2.60. The number of aliphatic hydroxyl groups is 1. The van der Waals surface area contributed by atoms with Crippen LogP contribution >= 0.6 is 0 Å². The van der Waals surface area contributed by atoms with E-state index in [-0.39, 0.29) is 12.2 Å². The molecule has 21 heavy (non-hydrogen) atoms. The molecule has 0 atom stereocenters. The lowest BCUT2D eigenvalue weighted by Crippen LogP contribution is -2.00. The molecule has 6 heteroatoms. The number of nitrogens with zero attached hydrogens (tertiary/aromatic N) is 4. The largest absolute Gasteiger partial charge is 0.392 e. The van der Waals surface area contributed by atoms with Gasteiger partial charge in [0, 0.05) is 17.3 Å². The van der Waals surface area contributed by atoms with E-state index in [2.05, 4.69) is 15.2 Å². The molecule has 0 aliphatic heterocycles. The van der Waals surface area contributed by atoms with Crippen molar-refractivity contribution in [1.82, 2.24) is 19.7 Å². The molecule has 1 N–H and O–H groups in total. The van der Waals surface area contributed by atoms with Crippen molar-refractivity contribution in [1.29, 1.82) is 0 Å². The standard InChI is InChI=1S/C15H13FN4O/c1-10-4-13(11-2-3-14(16)12(5-11)7-21)15(17-6-10)20-8-18-19-9-20/h2-6,8-9,21H,7H2,1H3. The highest BCUT2D eigenvalue weighted by Gasteiger charge is 2.11. The number of hydrogen-bond acceptors (Lipinski definition) is 4. The second kappa shape index (κ2) is 5.41. The van der Waals surface area contributed by atoms with Gasteiger partial charge in [-0.1, -0.05) is 6.07 Å². The molecule has 0 unspecified atom stereocenters. The van der Waals surface area contributed by atoms with Gasteiger partial charge >= 0.3 is 0 Å². The van der Waals surface area contributed by atoms with Gasteiger partial charge in [-0.3, -0.25) is 4.57 Å². The van der Waals surface area contributed by atoms with Gasteiger partial charge in [0.15, 0.2) is 0 Å². The first-order valence-corrected chi connectivity index (χ1v) is 6.40. The molecule has 5 nitrogen and oxygen atoms in total. The Kier molecular flexibility index (Phi) is 3.45. The Morgan fingerprint density at radius 1 is 1.19 bits per heavy atom. The summed E-state index contributed by atoms with van der Waals surface area (Å²) in [5, 5.41) is 16.8. The van der Waals surface area contributed by atoms with E-state index >= 15 is 0 Å². The molecular formula is C15H13FN4O. The fraction of sp³-hybridized carbons (Fsp3) is 0.133. The molecule has 3 rings (SSSR count). The average Bonchev–Trinajstić information content (AvgIpc) is 3.02. The lowest BCUT2D eigenvalue weighted by Gasteiger charge is -2.11. The van der Waals surface area contributed by atoms with E-state index in [1.54, 1.807) is 35.6 Å². The minimum atomic E-state index is -0.423. The van der Waals surface area contributed by atoms with Gasteiger partial charge in [-0.15, -0.1) is 10.2 Å². The number of rotatable bonds is 3. The lowest BCUT2D eigenvalue weighted by molar-refractivity contribution is 0.276. The Balaban J connectivity index is 2.20. The molecule has 2 aromatic heterocycles. The lowest BCUT2D eigenvalue weighted by atomic mass is 10.0. The topological polar surface area (TPSA) is 63.8 Å². The summed E-state index contributed by atoms with van der Waals surface area (Å²) in [5.41, 5.74) is 2.84. The maximum Gasteiger partial charge on any atom is 0.147 e. The zero-order valence-electron chi connectivity index (χ0n) is 11.4. The van der Waals surface area contributed by atoms with Gasteiger partial charge in [-0.05, 0) is 36.2 Å². The molecule has 0 saturated carbocycles. The van der Waals surface area contributed by atoms with E-state index < -0.39 is 5.82 Å². The van der Waals surface area contributed by atoms with E-state index in [1.807, 2.05) is 13.0 Å². The number of aromatic nitrogens is 4. The molecular weight excluding hydrogens is 271 g/mol. The molecule has 106 valence electrons. The third kappa shape index (κ3) is 2.53. The normalized spacial score (nSPS) is 10.8. The van der Waals surface area contributed by atoms with Crippen molar-refractivity contribution in [3.63, 3.8) is 0 Å². The van der Waals surface area contributed by atoms with Crippen LogP contribution < -0.4 is 0 Å². The highest BCUT2D eigenvalue weighted by Crippen LogP contribution is 2.27. The van der Waals surface area contributed by atoms with Crippen molar-refractivity contribution in [2.75, 3.05) is 0 Å². The van der Waals surface area contributed by atoms with E-state index in [0.29, 0.717) is 5.82 Å². The van der Waals surface area contributed by atoms with Gasteiger partial charge in [0.2, 0.25) is 0 Å². The minimum absolute atomic E-state index is 0.253. The number of pyridine rings is 1. The predicted octanol–water partition coefficient (Wildman–Crippen LogP) is 2.27. The summed E-state index contributed by atoms with van der Waals surface area (Å²) in [6, 6.07) is 6.59. The Labute approximate surface area is 120 Å². The number of aryl methyl sites for hydroxylation is 1. The molecule has 0 spiro atoms. The van der Waals surface area contributed by atoms with Crippen molar-refractivity contribution in [2.45, 2.75) is 13.5 Å². The smallest absolute Gasteiger partial charge is 0.147 e. The predicted molar refractivity (Wildman–Crippen MR) is 75.2 cm³/mol. The van der Waals surface area contributed by atoms with Crippen molar-refractivity contribution in [3.8, 4) is 16.9 Å². The quantitative estimate of drug-likeness (QED) is 0.801. The molecule has 0 saturated heterocycles. The number of benzene rings is 1. The fourth-order valence-corrected chi connectivity index (χ4v) is 2.15. The Morgan fingerprint density at radius 3 is 2.67 bits per heavy atom. The Bertz CT molecular complexity index is 771. The molecule has 1 aromatic carbocycles. The van der Waals surface area contributed by atoms with Crippen LogP contribution in [0.4, 0.5) is 4.39 Å². The summed E-state index contributed by atoms with van der Waals surface area (Å²) in [6.45, 7) is 1.59. The van der Waals surface area contributed by atoms with Gasteiger partial charge in [0.1, 0.15) is 24.3 Å². The SMILES string of the molecule is Cc1cnc(-n2cnnc2)c(-c2ccc(F)c(CO)c2)c1. The van der Waals surface area contributed by atoms with Gasteiger partial charge in [0.25, 0.3) is 0 Å². The van der Waals surface area contributed by atoms with E-state index in [9.17, 15) is 9.50 Å². The zero-order valence-corrected chi connectivity index (χ0v) is 11.4. The maximum atomic E-state index is 13.5. The zero-order chi connectivity index (χ0) is 14.8. The number of hydrogen-bond donors (Lipinski definition) is 1. The molecule has 0 bridgehead atoms. The number of aliphatic hydroxyl groups excluding tert-OH is 1. The van der Waals surface area contributed by atoms with E-state index in [0.717, 1.165) is 16.7 Å². The molecule has 0 radical (unpaired) electrons. The van der Waals surface area contributed by atoms with Crippen LogP contribution in [0.3, 0.4) is 0 Å². The summed E-state index contributed by atoms with van der Waals surface area (Å²) in [6.07, 6.45) is 4.85. The molecule has 0 amide bonds. The highest BCUT2D eigenvalue weighted by atomic mass is 19.1. The van der Waals surface area contributed by atoms with E-state index in [4.69, 9.17) is 0 Å². The van der Waals surface area contributed by atoms with Crippen LogP contribution in [0.5, 0.6) is 0 Å². The summed E-state index contributed by atoms with van der Waals surface area (Å²) < 4.78 is 15.2. The average molecular weight is 284 g/mol. The van der Waals surface area contributed by atoms with Crippen LogP contribution in [0, 0.1) is 12.7 Å². The number of halogens is 1. The fourth-order valence-electron chi connectivity index (χ4n) is 2.15. The van der Waals surface area contributed by atoms with E-state index in [1.165, 1.54) is 6.07 Å². The maximum absolute atomic E-state index is 13.5. The summed E-state index contributed by atoms with van der Waals surface area (Å²) in [4.78, 5) is 4.40. The van der Waals surface area contributed by atoms with Crippen LogP contribution in [0.15, 0.2) is 43.1 Å². The Morgan fingerprint density at radius 2 is 1.95 bits per heavy atom. The second-order valence-corrected chi connectivity index (χ2v) is 4.72. The first-order valence-electron chi connectivity index (χ1n) is 6.40. The summed E-state index contributed by atoms with van der Waals surface area (Å²) >= 11 is 0. The molecule has 0 aliphatic rings. The van der Waals surface area contributed by atoms with Crippen molar-refractivity contribution in [3.05, 3.63) is 60.1 Å². The van der Waals surface area contributed by atoms with Crippen LogP contribution in [-0.4, -0.2) is 24.9 Å². The second-order valence-electron chi connectivity index (χ2n) is 4.72. The third-order valence-corrected chi connectivity index (χ3v) is 3.19.